The van der Waals surface area contributed by atoms with Crippen LogP contribution in [0.1, 0.15) is 15.9 Å². The Morgan fingerprint density at radius 1 is 0.966 bits per heavy atom. The molecule has 0 N–H and O–H groups in total. The average molecular weight is 419 g/mol. The number of carbonyl (C=O) groups excluding carboxylic acids is 1. The molecular formula is C21H21ClF2N4O. The van der Waals surface area contributed by atoms with E-state index < -0.39 is 23.1 Å². The molecule has 0 bridgehead atoms. The highest BCUT2D eigenvalue weighted by molar-refractivity contribution is 5.95. The van der Waals surface area contributed by atoms with Gasteiger partial charge in [-0.15, -0.1) is 12.4 Å². The standard InChI is InChI=1S/C21H20F2N4O.ClH/c1-15-5-7-16(8-6-15)27-10-9-24-21(27)26-13-11-25(12-14-26)20(28)19-17(22)3-2-4-18(19)23;/h2-10H,11-14H2,1H3;1H. The van der Waals surface area contributed by atoms with Gasteiger partial charge < -0.3 is 9.80 Å². The summed E-state index contributed by atoms with van der Waals surface area (Å²) in [6.45, 7) is 3.84. The van der Waals surface area contributed by atoms with Gasteiger partial charge in [-0.1, -0.05) is 23.8 Å². The Morgan fingerprint density at radius 2 is 1.59 bits per heavy atom. The van der Waals surface area contributed by atoms with Gasteiger partial charge in [-0.25, -0.2) is 13.8 Å². The van der Waals surface area contributed by atoms with E-state index in [1.807, 2.05) is 42.0 Å². The van der Waals surface area contributed by atoms with Crippen molar-refractivity contribution in [1.29, 1.82) is 0 Å². The molecule has 3 aromatic rings. The maximum absolute atomic E-state index is 13.9. The van der Waals surface area contributed by atoms with Crippen LogP contribution in [0.2, 0.25) is 0 Å². The number of benzene rings is 2. The normalized spacial score (nSPS) is 13.9. The van der Waals surface area contributed by atoms with Gasteiger partial charge in [0, 0.05) is 44.3 Å². The van der Waals surface area contributed by atoms with Gasteiger partial charge in [-0.3, -0.25) is 9.36 Å². The molecule has 0 radical (unpaired) electrons. The molecule has 2 aromatic carbocycles. The quantitative estimate of drug-likeness (QED) is 0.649. The van der Waals surface area contributed by atoms with Crippen molar-refractivity contribution >= 4 is 24.3 Å². The number of hydrogen-bond donors (Lipinski definition) is 0. The number of imidazole rings is 1. The van der Waals surface area contributed by atoms with Gasteiger partial charge in [-0.05, 0) is 31.2 Å². The zero-order valence-corrected chi connectivity index (χ0v) is 16.7. The maximum atomic E-state index is 13.9. The Morgan fingerprint density at radius 3 is 2.21 bits per heavy atom. The highest BCUT2D eigenvalue weighted by atomic mass is 35.5. The van der Waals surface area contributed by atoms with Crippen LogP contribution in [0, 0.1) is 18.6 Å². The summed E-state index contributed by atoms with van der Waals surface area (Å²) in [5.41, 5.74) is 1.69. The van der Waals surface area contributed by atoms with Gasteiger partial charge in [0.05, 0.1) is 0 Å². The summed E-state index contributed by atoms with van der Waals surface area (Å²) in [5.74, 6) is -1.49. The topological polar surface area (TPSA) is 41.4 Å². The van der Waals surface area contributed by atoms with E-state index in [9.17, 15) is 13.6 Å². The highest BCUT2D eigenvalue weighted by Gasteiger charge is 2.27. The van der Waals surface area contributed by atoms with E-state index in [2.05, 4.69) is 9.88 Å². The summed E-state index contributed by atoms with van der Waals surface area (Å²) < 4.78 is 29.8. The molecule has 29 heavy (non-hydrogen) atoms. The molecule has 1 amide bonds. The lowest BCUT2D eigenvalue weighted by molar-refractivity contribution is 0.0736. The van der Waals surface area contributed by atoms with Crippen molar-refractivity contribution in [2.24, 2.45) is 0 Å². The number of anilines is 1. The van der Waals surface area contributed by atoms with Crippen molar-refractivity contribution in [3.05, 3.63) is 77.6 Å². The molecule has 0 atom stereocenters. The molecule has 0 saturated carbocycles. The summed E-state index contributed by atoms with van der Waals surface area (Å²) in [4.78, 5) is 20.6. The van der Waals surface area contributed by atoms with Crippen LogP contribution in [0.4, 0.5) is 14.7 Å². The number of rotatable bonds is 3. The summed E-state index contributed by atoms with van der Waals surface area (Å²) >= 11 is 0. The number of nitrogens with zero attached hydrogens (tertiary/aromatic N) is 4. The SMILES string of the molecule is Cc1ccc(-n2ccnc2N2CCN(C(=O)c3c(F)cccc3F)CC2)cc1.Cl. The highest BCUT2D eigenvalue weighted by Crippen LogP contribution is 2.21. The molecule has 1 saturated heterocycles. The van der Waals surface area contributed by atoms with E-state index in [0.717, 1.165) is 23.8 Å². The molecule has 1 aliphatic heterocycles. The lowest BCUT2D eigenvalue weighted by Crippen LogP contribution is -2.49. The fourth-order valence-corrected chi connectivity index (χ4v) is 3.41. The van der Waals surface area contributed by atoms with E-state index in [1.54, 1.807) is 6.20 Å². The molecule has 0 aliphatic carbocycles. The molecular weight excluding hydrogens is 398 g/mol. The maximum Gasteiger partial charge on any atom is 0.259 e. The number of halogens is 3. The van der Waals surface area contributed by atoms with E-state index in [0.29, 0.717) is 26.2 Å². The molecule has 4 rings (SSSR count). The molecule has 152 valence electrons. The van der Waals surface area contributed by atoms with Crippen molar-refractivity contribution in [2.75, 3.05) is 31.1 Å². The summed E-state index contributed by atoms with van der Waals surface area (Å²) in [6, 6.07) is 11.6. The Bertz CT molecular complexity index is 978. The van der Waals surface area contributed by atoms with E-state index in [-0.39, 0.29) is 12.4 Å². The number of hydrogen-bond acceptors (Lipinski definition) is 3. The number of amides is 1. The van der Waals surface area contributed by atoms with Gasteiger partial charge >= 0.3 is 0 Å². The van der Waals surface area contributed by atoms with Crippen molar-refractivity contribution in [2.45, 2.75) is 6.92 Å². The third-order valence-electron chi connectivity index (χ3n) is 4.96. The van der Waals surface area contributed by atoms with Crippen LogP contribution < -0.4 is 4.90 Å². The van der Waals surface area contributed by atoms with Crippen molar-refractivity contribution < 1.29 is 13.6 Å². The predicted molar refractivity (Wildman–Crippen MR) is 110 cm³/mol. The molecule has 1 fully saturated rings. The molecule has 0 spiro atoms. The van der Waals surface area contributed by atoms with E-state index in [4.69, 9.17) is 0 Å². The third kappa shape index (κ3) is 4.10. The third-order valence-corrected chi connectivity index (χ3v) is 4.96. The van der Waals surface area contributed by atoms with Gasteiger partial charge in [0.1, 0.15) is 17.2 Å². The Kier molecular flexibility index (Phi) is 6.17. The second-order valence-corrected chi connectivity index (χ2v) is 6.81. The summed E-state index contributed by atoms with van der Waals surface area (Å²) in [7, 11) is 0. The Labute approximate surface area is 174 Å². The smallest absolute Gasteiger partial charge is 0.259 e. The van der Waals surface area contributed by atoms with E-state index >= 15 is 0 Å². The molecule has 8 heteroatoms. The van der Waals surface area contributed by atoms with Crippen LogP contribution in [0.3, 0.4) is 0 Å². The van der Waals surface area contributed by atoms with Crippen LogP contribution in [0.25, 0.3) is 5.69 Å². The first-order valence-electron chi connectivity index (χ1n) is 9.13. The van der Waals surface area contributed by atoms with Crippen molar-refractivity contribution in [3.8, 4) is 5.69 Å². The lowest BCUT2D eigenvalue weighted by atomic mass is 10.1. The first-order chi connectivity index (χ1) is 13.5. The lowest BCUT2D eigenvalue weighted by Gasteiger charge is -2.35. The number of piperazine rings is 1. The number of aryl methyl sites for hydroxylation is 1. The largest absolute Gasteiger partial charge is 0.338 e. The first kappa shape index (κ1) is 20.8. The van der Waals surface area contributed by atoms with Crippen molar-refractivity contribution in [1.82, 2.24) is 14.5 Å². The van der Waals surface area contributed by atoms with Gasteiger partial charge in [0.15, 0.2) is 0 Å². The molecule has 2 heterocycles. The Hall–Kier alpha value is -2.93. The summed E-state index contributed by atoms with van der Waals surface area (Å²) in [5, 5.41) is 0. The number of aromatic nitrogens is 2. The van der Waals surface area contributed by atoms with Crippen LogP contribution in [0.5, 0.6) is 0 Å². The van der Waals surface area contributed by atoms with Gasteiger partial charge in [0.25, 0.3) is 5.91 Å². The molecule has 5 nitrogen and oxygen atoms in total. The fraction of sp³-hybridized carbons (Fsp3) is 0.238. The van der Waals surface area contributed by atoms with Crippen molar-refractivity contribution in [3.63, 3.8) is 0 Å². The van der Waals surface area contributed by atoms with E-state index in [1.165, 1.54) is 16.5 Å². The Balaban J connectivity index is 0.00000240. The minimum Gasteiger partial charge on any atom is -0.338 e. The molecule has 0 unspecified atom stereocenters. The zero-order chi connectivity index (χ0) is 19.7. The fourth-order valence-electron chi connectivity index (χ4n) is 3.41. The second kappa shape index (κ2) is 8.61. The monoisotopic (exact) mass is 418 g/mol. The minimum atomic E-state index is -0.831. The molecule has 1 aliphatic rings. The second-order valence-electron chi connectivity index (χ2n) is 6.81. The molecule has 1 aromatic heterocycles. The van der Waals surface area contributed by atoms with Gasteiger partial charge in [-0.2, -0.15) is 0 Å². The minimum absolute atomic E-state index is 0. The van der Waals surface area contributed by atoms with Crippen LogP contribution in [0.15, 0.2) is 54.9 Å². The van der Waals surface area contributed by atoms with Crippen LogP contribution in [-0.2, 0) is 0 Å². The average Bonchev–Trinajstić information content (AvgIpc) is 3.18. The van der Waals surface area contributed by atoms with Crippen LogP contribution >= 0.6 is 12.4 Å². The first-order valence-corrected chi connectivity index (χ1v) is 9.13. The predicted octanol–water partition coefficient (Wildman–Crippen LogP) is 3.84. The number of carbonyl (C=O) groups is 1. The summed E-state index contributed by atoms with van der Waals surface area (Å²) in [6.07, 6.45) is 3.63. The zero-order valence-electron chi connectivity index (χ0n) is 15.9. The van der Waals surface area contributed by atoms with Gasteiger partial charge in [0.2, 0.25) is 5.95 Å². The van der Waals surface area contributed by atoms with Crippen LogP contribution in [-0.4, -0.2) is 46.5 Å².